The highest BCUT2D eigenvalue weighted by atomic mass is 35.5. The van der Waals surface area contributed by atoms with Gasteiger partial charge in [-0.15, -0.1) is 11.6 Å². The first-order chi connectivity index (χ1) is 6.87. The van der Waals surface area contributed by atoms with Crippen LogP contribution in [-0.4, -0.2) is 25.8 Å². The molecule has 0 fully saturated rings. The molecule has 0 aliphatic rings. The van der Waals surface area contributed by atoms with E-state index >= 15 is 0 Å². The third kappa shape index (κ3) is 9.19. The van der Waals surface area contributed by atoms with Gasteiger partial charge in [0.2, 0.25) is 0 Å². The topological polar surface area (TPSA) is 34.1 Å². The minimum Gasteiger partial charge on any atom is -0.229 e. The summed E-state index contributed by atoms with van der Waals surface area (Å²) in [4.78, 5) is 0. The van der Waals surface area contributed by atoms with Gasteiger partial charge < -0.3 is 0 Å². The van der Waals surface area contributed by atoms with Crippen molar-refractivity contribution in [2.24, 2.45) is 11.8 Å². The van der Waals surface area contributed by atoms with Crippen LogP contribution in [-0.2, 0) is 9.84 Å². The second kappa shape index (κ2) is 7.50. The Labute approximate surface area is 99.3 Å². The summed E-state index contributed by atoms with van der Waals surface area (Å²) < 4.78 is 23.2. The molecule has 0 amide bonds. The van der Waals surface area contributed by atoms with Crippen LogP contribution in [0.25, 0.3) is 0 Å². The Hall–Kier alpha value is 0.240. The van der Waals surface area contributed by atoms with Crippen molar-refractivity contribution >= 4 is 21.4 Å². The maximum absolute atomic E-state index is 11.6. The number of rotatable bonds is 8. The normalized spacial score (nSPS) is 14.5. The Morgan fingerprint density at radius 3 is 2.00 bits per heavy atom. The number of alkyl halides is 1. The molecule has 0 aromatic heterocycles. The molecule has 2 nitrogen and oxygen atoms in total. The van der Waals surface area contributed by atoms with Crippen molar-refractivity contribution in [1.82, 2.24) is 0 Å². The van der Waals surface area contributed by atoms with Gasteiger partial charge in [0, 0.05) is 5.88 Å². The lowest BCUT2D eigenvalue weighted by Gasteiger charge is -2.10. The smallest absolute Gasteiger partial charge is 0.150 e. The van der Waals surface area contributed by atoms with Crippen molar-refractivity contribution in [3.8, 4) is 0 Å². The second-order valence-electron chi connectivity index (χ2n) is 4.71. The summed E-state index contributed by atoms with van der Waals surface area (Å²) in [5, 5.41) is 0. The molecule has 0 aliphatic heterocycles. The molecule has 15 heavy (non-hydrogen) atoms. The molecule has 1 unspecified atom stereocenters. The van der Waals surface area contributed by atoms with Crippen LogP contribution in [0.1, 0.15) is 40.0 Å². The van der Waals surface area contributed by atoms with Gasteiger partial charge in [0.05, 0.1) is 11.5 Å². The van der Waals surface area contributed by atoms with Crippen molar-refractivity contribution < 1.29 is 8.42 Å². The van der Waals surface area contributed by atoms with Crippen LogP contribution >= 0.6 is 11.6 Å². The van der Waals surface area contributed by atoms with Gasteiger partial charge in [-0.05, 0) is 31.1 Å². The summed E-state index contributed by atoms with van der Waals surface area (Å²) >= 11 is 5.60. The summed E-state index contributed by atoms with van der Waals surface area (Å²) in [6, 6.07) is 0. The zero-order valence-electron chi connectivity index (χ0n) is 10.0. The predicted molar refractivity (Wildman–Crippen MR) is 67.2 cm³/mol. The SMILES string of the molecule is CC(C)CCS(=O)(=O)CCC(C)CCCl. The minimum absolute atomic E-state index is 0.317. The van der Waals surface area contributed by atoms with Crippen LogP contribution in [0, 0.1) is 11.8 Å². The number of hydrogen-bond donors (Lipinski definition) is 0. The Morgan fingerprint density at radius 1 is 1.00 bits per heavy atom. The van der Waals surface area contributed by atoms with Crippen LogP contribution in [0.4, 0.5) is 0 Å². The van der Waals surface area contributed by atoms with Gasteiger partial charge in [-0.1, -0.05) is 20.8 Å². The van der Waals surface area contributed by atoms with Crippen LogP contribution in [0.15, 0.2) is 0 Å². The zero-order chi connectivity index (χ0) is 11.9. The number of halogens is 1. The summed E-state index contributed by atoms with van der Waals surface area (Å²) in [5.41, 5.74) is 0. The highest BCUT2D eigenvalue weighted by molar-refractivity contribution is 7.91. The first-order valence-corrected chi connectivity index (χ1v) is 7.99. The molecule has 0 radical (unpaired) electrons. The Bertz CT molecular complexity index is 247. The highest BCUT2D eigenvalue weighted by Crippen LogP contribution is 2.12. The molecule has 0 heterocycles. The Kier molecular flexibility index (Phi) is 7.62. The first-order valence-electron chi connectivity index (χ1n) is 5.63. The highest BCUT2D eigenvalue weighted by Gasteiger charge is 2.13. The van der Waals surface area contributed by atoms with Gasteiger partial charge in [0.1, 0.15) is 9.84 Å². The van der Waals surface area contributed by atoms with Crippen LogP contribution in [0.5, 0.6) is 0 Å². The van der Waals surface area contributed by atoms with Gasteiger partial charge in [-0.25, -0.2) is 8.42 Å². The van der Waals surface area contributed by atoms with E-state index in [1.165, 1.54) is 0 Å². The third-order valence-corrected chi connectivity index (χ3v) is 4.46. The van der Waals surface area contributed by atoms with Crippen LogP contribution < -0.4 is 0 Å². The fourth-order valence-corrected chi connectivity index (χ4v) is 3.40. The lowest BCUT2D eigenvalue weighted by molar-refractivity contribution is 0.530. The summed E-state index contributed by atoms with van der Waals surface area (Å²) in [7, 11) is -2.83. The number of sulfone groups is 1. The summed E-state index contributed by atoms with van der Waals surface area (Å²) in [6.07, 6.45) is 2.42. The fraction of sp³-hybridized carbons (Fsp3) is 1.00. The van der Waals surface area contributed by atoms with E-state index < -0.39 is 9.84 Å². The van der Waals surface area contributed by atoms with Gasteiger partial charge in [-0.2, -0.15) is 0 Å². The van der Waals surface area contributed by atoms with Gasteiger partial charge in [0.25, 0.3) is 0 Å². The maximum atomic E-state index is 11.6. The van der Waals surface area contributed by atoms with Crippen molar-refractivity contribution in [3.63, 3.8) is 0 Å². The molecule has 0 aromatic carbocycles. The van der Waals surface area contributed by atoms with E-state index in [0.29, 0.717) is 29.2 Å². The van der Waals surface area contributed by atoms with E-state index in [0.717, 1.165) is 19.3 Å². The molecule has 92 valence electrons. The standard InChI is InChI=1S/C11H23ClO2S/c1-10(2)5-8-15(13,14)9-6-11(3)4-7-12/h10-11H,4-9H2,1-3H3. The predicted octanol–water partition coefficient (Wildman–Crippen LogP) is 3.10. The molecule has 0 N–H and O–H groups in total. The van der Waals surface area contributed by atoms with Crippen LogP contribution in [0.3, 0.4) is 0 Å². The van der Waals surface area contributed by atoms with Crippen molar-refractivity contribution in [2.75, 3.05) is 17.4 Å². The van der Waals surface area contributed by atoms with Gasteiger partial charge in [-0.3, -0.25) is 0 Å². The molecule has 0 saturated carbocycles. The van der Waals surface area contributed by atoms with E-state index in [2.05, 4.69) is 6.92 Å². The third-order valence-electron chi connectivity index (χ3n) is 2.53. The van der Waals surface area contributed by atoms with E-state index in [-0.39, 0.29) is 0 Å². The monoisotopic (exact) mass is 254 g/mol. The fourth-order valence-electron chi connectivity index (χ4n) is 1.23. The summed E-state index contributed by atoms with van der Waals surface area (Å²) in [5.74, 6) is 2.14. The van der Waals surface area contributed by atoms with Crippen molar-refractivity contribution in [3.05, 3.63) is 0 Å². The van der Waals surface area contributed by atoms with E-state index in [9.17, 15) is 8.42 Å². The van der Waals surface area contributed by atoms with E-state index in [1.54, 1.807) is 0 Å². The average Bonchev–Trinajstić information content (AvgIpc) is 2.13. The van der Waals surface area contributed by atoms with Gasteiger partial charge >= 0.3 is 0 Å². The largest absolute Gasteiger partial charge is 0.229 e. The molecule has 4 heteroatoms. The van der Waals surface area contributed by atoms with E-state index in [1.807, 2.05) is 13.8 Å². The second-order valence-corrected chi connectivity index (χ2v) is 7.39. The molecule has 1 atom stereocenters. The minimum atomic E-state index is -2.83. The molecule has 0 bridgehead atoms. The Balaban J connectivity index is 3.83. The van der Waals surface area contributed by atoms with Gasteiger partial charge in [0.15, 0.2) is 0 Å². The molecule has 0 spiro atoms. The first kappa shape index (κ1) is 15.2. The lowest BCUT2D eigenvalue weighted by atomic mass is 10.1. The number of hydrogen-bond acceptors (Lipinski definition) is 2. The molecule has 0 aliphatic carbocycles. The summed E-state index contributed by atoms with van der Waals surface area (Å²) in [6.45, 7) is 6.15. The average molecular weight is 255 g/mol. The zero-order valence-corrected chi connectivity index (χ0v) is 11.6. The van der Waals surface area contributed by atoms with Crippen molar-refractivity contribution in [1.29, 1.82) is 0 Å². The molecule has 0 rings (SSSR count). The van der Waals surface area contributed by atoms with Crippen molar-refractivity contribution in [2.45, 2.75) is 40.0 Å². The molecular weight excluding hydrogens is 232 g/mol. The van der Waals surface area contributed by atoms with Crippen LogP contribution in [0.2, 0.25) is 0 Å². The maximum Gasteiger partial charge on any atom is 0.150 e. The molecule has 0 aromatic rings. The van der Waals surface area contributed by atoms with E-state index in [4.69, 9.17) is 11.6 Å². The Morgan fingerprint density at radius 2 is 1.53 bits per heavy atom. The molecule has 0 saturated heterocycles. The molecular formula is C11H23ClO2S. The quantitative estimate of drug-likeness (QED) is 0.624. The lowest BCUT2D eigenvalue weighted by Crippen LogP contribution is -2.15.